The minimum absolute atomic E-state index is 0.0637. The van der Waals surface area contributed by atoms with Gasteiger partial charge < -0.3 is 9.64 Å². The zero-order valence-electron chi connectivity index (χ0n) is 9.15. The molecule has 1 saturated heterocycles. The van der Waals surface area contributed by atoms with Crippen molar-refractivity contribution < 1.29 is 9.53 Å². The second kappa shape index (κ2) is 4.85. The smallest absolute Gasteiger partial charge is 0.228 e. The average molecular weight is 240 g/mol. The lowest BCUT2D eigenvalue weighted by Gasteiger charge is -2.16. The van der Waals surface area contributed by atoms with Crippen LogP contribution in [-0.2, 0) is 16.1 Å². The van der Waals surface area contributed by atoms with E-state index < -0.39 is 0 Å². The molecule has 1 heterocycles. The lowest BCUT2D eigenvalue weighted by molar-refractivity contribution is -0.117. The van der Waals surface area contributed by atoms with Gasteiger partial charge in [-0.3, -0.25) is 4.79 Å². The average Bonchev–Trinajstić information content (AvgIpc) is 2.59. The number of rotatable bonds is 3. The maximum Gasteiger partial charge on any atom is 0.228 e. The van der Waals surface area contributed by atoms with E-state index in [2.05, 4.69) is 0 Å². The molecule has 16 heavy (non-hydrogen) atoms. The quantitative estimate of drug-likeness (QED) is 0.757. The zero-order chi connectivity index (χ0) is 11.5. The van der Waals surface area contributed by atoms with Gasteiger partial charge in [0.2, 0.25) is 5.91 Å². The predicted octanol–water partition coefficient (Wildman–Crippen LogP) is 2.18. The van der Waals surface area contributed by atoms with E-state index in [0.29, 0.717) is 19.6 Å². The highest BCUT2D eigenvalue weighted by Gasteiger charge is 2.28. The number of anilines is 1. The highest BCUT2D eigenvalue weighted by Crippen LogP contribution is 2.24. The van der Waals surface area contributed by atoms with Crippen LogP contribution < -0.4 is 4.90 Å². The molecule has 0 radical (unpaired) electrons. The van der Waals surface area contributed by atoms with Gasteiger partial charge in [0.1, 0.15) is 0 Å². The fourth-order valence-electron chi connectivity index (χ4n) is 1.85. The number of alkyl halides is 1. The fraction of sp³-hybridized carbons (Fsp3) is 0.417. The normalized spacial score (nSPS) is 20.5. The molecule has 0 saturated carbocycles. The second-order valence-electron chi connectivity index (χ2n) is 3.91. The largest absolute Gasteiger partial charge is 0.380 e. The molecule has 1 aliphatic rings. The van der Waals surface area contributed by atoms with Crippen molar-refractivity contribution in [2.45, 2.75) is 18.4 Å². The van der Waals surface area contributed by atoms with Gasteiger partial charge in [-0.05, 0) is 17.7 Å². The molecule has 1 atom stereocenters. The van der Waals surface area contributed by atoms with E-state index >= 15 is 0 Å². The van der Waals surface area contributed by atoms with E-state index in [0.717, 1.165) is 11.3 Å². The Morgan fingerprint density at radius 1 is 1.44 bits per heavy atom. The molecule has 1 aromatic rings. The summed E-state index contributed by atoms with van der Waals surface area (Å²) in [5, 5.41) is -0.0637. The predicted molar refractivity (Wildman–Crippen MR) is 63.8 cm³/mol. The summed E-state index contributed by atoms with van der Waals surface area (Å²) in [6.07, 6.45) is 0.432. The van der Waals surface area contributed by atoms with Crippen LogP contribution in [0.25, 0.3) is 0 Å². The van der Waals surface area contributed by atoms with E-state index in [4.69, 9.17) is 16.3 Å². The number of methoxy groups -OCH3 is 1. The molecule has 0 aromatic heterocycles. The van der Waals surface area contributed by atoms with Gasteiger partial charge in [-0.25, -0.2) is 0 Å². The van der Waals surface area contributed by atoms with Crippen molar-refractivity contribution in [2.24, 2.45) is 0 Å². The molecule has 1 aromatic carbocycles. The van der Waals surface area contributed by atoms with E-state index in [-0.39, 0.29) is 11.3 Å². The van der Waals surface area contributed by atoms with Crippen LogP contribution in [0.1, 0.15) is 12.0 Å². The lowest BCUT2D eigenvalue weighted by Crippen LogP contribution is -2.24. The lowest BCUT2D eigenvalue weighted by atomic mass is 10.2. The third-order valence-corrected chi connectivity index (χ3v) is 2.93. The van der Waals surface area contributed by atoms with Gasteiger partial charge in [-0.2, -0.15) is 0 Å². The second-order valence-corrected chi connectivity index (χ2v) is 4.52. The van der Waals surface area contributed by atoms with Crippen LogP contribution in [0, 0.1) is 0 Å². The fourth-order valence-corrected chi connectivity index (χ4v) is 2.12. The number of amides is 1. The summed E-state index contributed by atoms with van der Waals surface area (Å²) in [5.74, 6) is 0.0968. The molecule has 2 rings (SSSR count). The van der Waals surface area contributed by atoms with Crippen LogP contribution in [0.15, 0.2) is 24.3 Å². The monoisotopic (exact) mass is 239 g/mol. The Hall–Kier alpha value is -1.06. The van der Waals surface area contributed by atoms with Crippen LogP contribution in [-0.4, -0.2) is 24.9 Å². The highest BCUT2D eigenvalue weighted by molar-refractivity contribution is 6.24. The molecule has 86 valence electrons. The van der Waals surface area contributed by atoms with Crippen LogP contribution in [0.4, 0.5) is 5.69 Å². The van der Waals surface area contributed by atoms with E-state index in [1.165, 1.54) is 0 Å². The first-order chi connectivity index (χ1) is 7.70. The number of benzene rings is 1. The van der Waals surface area contributed by atoms with Crippen LogP contribution >= 0.6 is 11.6 Å². The summed E-state index contributed by atoms with van der Waals surface area (Å²) in [7, 11) is 1.66. The van der Waals surface area contributed by atoms with Crippen molar-refractivity contribution in [2.75, 3.05) is 18.6 Å². The Kier molecular flexibility index (Phi) is 3.46. The number of hydrogen-bond acceptors (Lipinski definition) is 2. The molecule has 0 N–H and O–H groups in total. The molecule has 0 bridgehead atoms. The van der Waals surface area contributed by atoms with Gasteiger partial charge in [-0.1, -0.05) is 12.1 Å². The molecule has 0 aliphatic carbocycles. The summed E-state index contributed by atoms with van der Waals surface area (Å²) in [6, 6.07) is 7.80. The number of hydrogen-bond donors (Lipinski definition) is 0. The van der Waals surface area contributed by atoms with Crippen LogP contribution in [0.5, 0.6) is 0 Å². The molecule has 0 spiro atoms. The van der Waals surface area contributed by atoms with Crippen molar-refractivity contribution in [3.8, 4) is 0 Å². The zero-order valence-corrected chi connectivity index (χ0v) is 9.91. The summed E-state index contributed by atoms with van der Waals surface area (Å²) < 4.78 is 5.03. The van der Waals surface area contributed by atoms with Crippen molar-refractivity contribution in [3.63, 3.8) is 0 Å². The third kappa shape index (κ3) is 2.36. The maximum absolute atomic E-state index is 11.6. The highest BCUT2D eigenvalue weighted by atomic mass is 35.5. The topological polar surface area (TPSA) is 29.5 Å². The number of carbonyl (C=O) groups is 1. The minimum atomic E-state index is -0.0637. The van der Waals surface area contributed by atoms with Crippen molar-refractivity contribution >= 4 is 23.2 Å². The Morgan fingerprint density at radius 3 is 2.62 bits per heavy atom. The molecule has 1 aliphatic heterocycles. The van der Waals surface area contributed by atoms with Gasteiger partial charge in [0.25, 0.3) is 0 Å². The standard InChI is InChI=1S/C12H14ClNO2/c1-16-8-9-2-4-11(5-3-9)14-7-10(13)6-12(14)15/h2-5,10H,6-8H2,1H3. The Bertz CT molecular complexity index is 377. The molecule has 1 unspecified atom stereocenters. The van der Waals surface area contributed by atoms with E-state index in [9.17, 15) is 4.79 Å². The van der Waals surface area contributed by atoms with Crippen molar-refractivity contribution in [1.82, 2.24) is 0 Å². The van der Waals surface area contributed by atoms with Crippen LogP contribution in [0.3, 0.4) is 0 Å². The van der Waals surface area contributed by atoms with Crippen molar-refractivity contribution in [1.29, 1.82) is 0 Å². The first-order valence-corrected chi connectivity index (χ1v) is 5.66. The van der Waals surface area contributed by atoms with E-state index in [1.54, 1.807) is 12.0 Å². The molecule has 3 nitrogen and oxygen atoms in total. The SMILES string of the molecule is COCc1ccc(N2CC(Cl)CC2=O)cc1. The molecule has 4 heteroatoms. The first-order valence-electron chi connectivity index (χ1n) is 5.23. The van der Waals surface area contributed by atoms with Gasteiger partial charge in [0, 0.05) is 25.8 Å². The Labute approximate surface area is 100.0 Å². The number of halogens is 1. The number of ether oxygens (including phenoxy) is 1. The summed E-state index contributed by atoms with van der Waals surface area (Å²) >= 11 is 5.95. The summed E-state index contributed by atoms with van der Waals surface area (Å²) in [4.78, 5) is 13.3. The Balaban J connectivity index is 2.12. The molecule has 1 fully saturated rings. The summed E-state index contributed by atoms with van der Waals surface area (Å²) in [6.45, 7) is 1.19. The number of carbonyl (C=O) groups excluding carboxylic acids is 1. The summed E-state index contributed by atoms with van der Waals surface area (Å²) in [5.41, 5.74) is 2.01. The molecule has 1 amide bonds. The van der Waals surface area contributed by atoms with Crippen molar-refractivity contribution in [3.05, 3.63) is 29.8 Å². The maximum atomic E-state index is 11.6. The van der Waals surface area contributed by atoms with E-state index in [1.807, 2.05) is 24.3 Å². The number of nitrogens with zero attached hydrogens (tertiary/aromatic N) is 1. The van der Waals surface area contributed by atoms with Gasteiger partial charge in [0.15, 0.2) is 0 Å². The van der Waals surface area contributed by atoms with Gasteiger partial charge in [0.05, 0.1) is 12.0 Å². The third-order valence-electron chi connectivity index (χ3n) is 2.64. The molecular formula is C12H14ClNO2. The minimum Gasteiger partial charge on any atom is -0.380 e. The first kappa shape index (κ1) is 11.4. The van der Waals surface area contributed by atoms with Crippen LogP contribution in [0.2, 0.25) is 0 Å². The Morgan fingerprint density at radius 2 is 2.12 bits per heavy atom. The van der Waals surface area contributed by atoms with Gasteiger partial charge >= 0.3 is 0 Å². The molecular weight excluding hydrogens is 226 g/mol. The van der Waals surface area contributed by atoms with Gasteiger partial charge in [-0.15, -0.1) is 11.6 Å².